The summed E-state index contributed by atoms with van der Waals surface area (Å²) in [5.41, 5.74) is 0.112. The summed E-state index contributed by atoms with van der Waals surface area (Å²) in [5.74, 6) is 0.715. The maximum atomic E-state index is 12.6. The summed E-state index contributed by atoms with van der Waals surface area (Å²) >= 11 is 12.0. The van der Waals surface area contributed by atoms with Crippen LogP contribution in [0.25, 0.3) is 10.9 Å². The molecule has 1 unspecified atom stereocenters. The molecule has 0 aliphatic carbocycles. The molecule has 7 nitrogen and oxygen atoms in total. The van der Waals surface area contributed by atoms with Gasteiger partial charge in [0.1, 0.15) is 12.6 Å². The number of hydrogen-bond donors (Lipinski definition) is 0. The van der Waals surface area contributed by atoms with Crippen molar-refractivity contribution in [2.24, 2.45) is 0 Å². The minimum atomic E-state index is -0.290. The quantitative estimate of drug-likeness (QED) is 0.687. The molecule has 0 aliphatic rings. The third kappa shape index (κ3) is 3.28. The lowest BCUT2D eigenvalue weighted by Crippen LogP contribution is -2.21. The number of halogens is 2. The Hall–Kier alpha value is -1.96. The van der Waals surface area contributed by atoms with E-state index in [2.05, 4.69) is 15.1 Å². The van der Waals surface area contributed by atoms with Crippen LogP contribution in [-0.4, -0.2) is 26.3 Å². The lowest BCUT2D eigenvalue weighted by molar-refractivity contribution is 0.0683. The van der Waals surface area contributed by atoms with Crippen molar-refractivity contribution >= 4 is 34.1 Å². The zero-order chi connectivity index (χ0) is 17.3. The first kappa shape index (κ1) is 16.9. The largest absolute Gasteiger partial charge is 0.371 e. The Morgan fingerprint density at radius 1 is 1.38 bits per heavy atom. The highest BCUT2D eigenvalue weighted by atomic mass is 35.5. The van der Waals surface area contributed by atoms with Crippen LogP contribution in [-0.2, 0) is 11.3 Å². The van der Waals surface area contributed by atoms with Gasteiger partial charge in [0.25, 0.3) is 5.56 Å². The highest BCUT2D eigenvalue weighted by Gasteiger charge is 2.15. The third-order valence-electron chi connectivity index (χ3n) is 3.42. The first-order valence-electron chi connectivity index (χ1n) is 7.28. The number of hydrogen-bond acceptors (Lipinski definition) is 6. The third-order valence-corrected chi connectivity index (χ3v) is 3.92. The summed E-state index contributed by atoms with van der Waals surface area (Å²) in [6.45, 7) is 4.35. The van der Waals surface area contributed by atoms with Crippen molar-refractivity contribution < 1.29 is 9.26 Å². The average molecular weight is 369 g/mol. The van der Waals surface area contributed by atoms with Crippen molar-refractivity contribution in [3.05, 3.63) is 50.6 Å². The van der Waals surface area contributed by atoms with Gasteiger partial charge in [0, 0.05) is 11.6 Å². The zero-order valence-corrected chi connectivity index (χ0v) is 14.5. The lowest BCUT2D eigenvalue weighted by Gasteiger charge is -2.06. The predicted octanol–water partition coefficient (Wildman–Crippen LogP) is 3.23. The lowest BCUT2D eigenvalue weighted by atomic mass is 10.2. The van der Waals surface area contributed by atoms with Gasteiger partial charge in [-0.25, -0.2) is 4.98 Å². The number of fused-ring (bicyclic) bond motifs is 1. The number of nitrogens with zero attached hydrogens (tertiary/aromatic N) is 4. The fourth-order valence-electron chi connectivity index (χ4n) is 2.28. The molecule has 24 heavy (non-hydrogen) atoms. The standard InChI is InChI=1S/C15H14Cl2N4O3/c1-3-23-8(2)14-19-12(24-20-14)6-21-7-18-13-10(15(21)22)4-9(16)5-11(13)17/h4-5,7-8H,3,6H2,1-2H3. The highest BCUT2D eigenvalue weighted by Crippen LogP contribution is 2.24. The van der Waals surface area contributed by atoms with Crippen molar-refractivity contribution in [1.29, 1.82) is 0 Å². The minimum absolute atomic E-state index is 0.0950. The molecule has 0 radical (unpaired) electrons. The topological polar surface area (TPSA) is 83.0 Å². The van der Waals surface area contributed by atoms with Crippen molar-refractivity contribution in [2.75, 3.05) is 6.61 Å². The van der Waals surface area contributed by atoms with Crippen molar-refractivity contribution in [3.63, 3.8) is 0 Å². The molecule has 3 rings (SSSR count). The van der Waals surface area contributed by atoms with E-state index >= 15 is 0 Å². The Bertz CT molecular complexity index is 938. The molecule has 1 atom stereocenters. The Kier molecular flexibility index (Phi) is 4.84. The van der Waals surface area contributed by atoms with Gasteiger partial charge in [-0.1, -0.05) is 28.4 Å². The zero-order valence-electron chi connectivity index (χ0n) is 13.0. The van der Waals surface area contributed by atoms with Gasteiger partial charge < -0.3 is 9.26 Å². The number of rotatable bonds is 5. The van der Waals surface area contributed by atoms with Crippen LogP contribution < -0.4 is 5.56 Å². The van der Waals surface area contributed by atoms with Gasteiger partial charge in [0.2, 0.25) is 5.89 Å². The van der Waals surface area contributed by atoms with Gasteiger partial charge in [-0.15, -0.1) is 0 Å². The van der Waals surface area contributed by atoms with E-state index in [9.17, 15) is 4.79 Å². The van der Waals surface area contributed by atoms with Gasteiger partial charge in [-0.3, -0.25) is 9.36 Å². The molecule has 0 bridgehead atoms. The molecule has 0 saturated heterocycles. The first-order valence-corrected chi connectivity index (χ1v) is 8.03. The number of benzene rings is 1. The van der Waals surface area contributed by atoms with Gasteiger partial charge in [0.15, 0.2) is 5.82 Å². The Labute approximate surface area is 147 Å². The number of aromatic nitrogens is 4. The summed E-state index contributed by atoms with van der Waals surface area (Å²) < 4.78 is 11.9. The van der Waals surface area contributed by atoms with Crippen molar-refractivity contribution in [1.82, 2.24) is 19.7 Å². The Morgan fingerprint density at radius 3 is 2.92 bits per heavy atom. The smallest absolute Gasteiger partial charge is 0.261 e. The van der Waals surface area contributed by atoms with Gasteiger partial charge in [-0.2, -0.15) is 4.98 Å². The Balaban J connectivity index is 1.94. The maximum absolute atomic E-state index is 12.6. The maximum Gasteiger partial charge on any atom is 0.261 e. The molecule has 3 aromatic rings. The minimum Gasteiger partial charge on any atom is -0.371 e. The van der Waals surface area contributed by atoms with Crippen LogP contribution in [0.5, 0.6) is 0 Å². The SMILES string of the molecule is CCOC(C)c1noc(Cn2cnc3c(Cl)cc(Cl)cc3c2=O)n1. The molecule has 0 spiro atoms. The van der Waals surface area contributed by atoms with Crippen LogP contribution in [0, 0.1) is 0 Å². The number of ether oxygens (including phenoxy) is 1. The van der Waals surface area contributed by atoms with Crippen molar-refractivity contribution in [3.8, 4) is 0 Å². The second-order valence-corrected chi connectivity index (χ2v) is 5.95. The van der Waals surface area contributed by atoms with Crippen LogP contribution in [0.4, 0.5) is 0 Å². The van der Waals surface area contributed by atoms with E-state index < -0.39 is 0 Å². The second kappa shape index (κ2) is 6.88. The molecule has 0 amide bonds. The average Bonchev–Trinajstić information content (AvgIpc) is 2.99. The van der Waals surface area contributed by atoms with E-state index in [0.29, 0.717) is 33.4 Å². The van der Waals surface area contributed by atoms with Crippen LogP contribution in [0.1, 0.15) is 31.7 Å². The van der Waals surface area contributed by atoms with E-state index in [1.165, 1.54) is 17.0 Å². The molecular formula is C15H14Cl2N4O3. The summed E-state index contributed by atoms with van der Waals surface area (Å²) in [6.07, 6.45) is 1.11. The summed E-state index contributed by atoms with van der Waals surface area (Å²) in [5, 5.41) is 4.89. The molecular weight excluding hydrogens is 355 g/mol. The molecule has 9 heteroatoms. The predicted molar refractivity (Wildman–Crippen MR) is 89.5 cm³/mol. The van der Waals surface area contributed by atoms with E-state index in [4.69, 9.17) is 32.5 Å². The van der Waals surface area contributed by atoms with E-state index in [1.807, 2.05) is 13.8 Å². The first-order chi connectivity index (χ1) is 11.5. The van der Waals surface area contributed by atoms with Gasteiger partial charge in [0.05, 0.1) is 22.3 Å². The van der Waals surface area contributed by atoms with Gasteiger partial charge in [-0.05, 0) is 26.0 Å². The van der Waals surface area contributed by atoms with E-state index in [-0.39, 0.29) is 24.1 Å². The van der Waals surface area contributed by atoms with Gasteiger partial charge >= 0.3 is 0 Å². The van der Waals surface area contributed by atoms with Crippen molar-refractivity contribution in [2.45, 2.75) is 26.5 Å². The molecule has 0 aliphatic heterocycles. The molecule has 126 valence electrons. The van der Waals surface area contributed by atoms with E-state index in [0.717, 1.165) is 0 Å². The molecule has 1 aromatic carbocycles. The monoisotopic (exact) mass is 368 g/mol. The van der Waals surface area contributed by atoms with Crippen LogP contribution in [0.2, 0.25) is 10.0 Å². The molecule has 0 N–H and O–H groups in total. The molecule has 2 aromatic heterocycles. The normalized spacial score (nSPS) is 12.7. The highest BCUT2D eigenvalue weighted by molar-refractivity contribution is 6.38. The van der Waals surface area contributed by atoms with Crippen LogP contribution >= 0.6 is 23.2 Å². The van der Waals surface area contributed by atoms with E-state index in [1.54, 1.807) is 6.07 Å². The molecule has 0 fully saturated rings. The fourth-order valence-corrected chi connectivity index (χ4v) is 2.82. The van der Waals surface area contributed by atoms with Crippen LogP contribution in [0.15, 0.2) is 27.8 Å². The second-order valence-electron chi connectivity index (χ2n) is 5.11. The summed E-state index contributed by atoms with van der Waals surface area (Å²) in [6, 6.07) is 3.08. The Morgan fingerprint density at radius 2 is 2.17 bits per heavy atom. The summed E-state index contributed by atoms with van der Waals surface area (Å²) in [7, 11) is 0. The molecule has 2 heterocycles. The molecule has 0 saturated carbocycles. The summed E-state index contributed by atoms with van der Waals surface area (Å²) in [4.78, 5) is 21.0. The fraction of sp³-hybridized carbons (Fsp3) is 0.333. The van der Waals surface area contributed by atoms with Crippen LogP contribution in [0.3, 0.4) is 0 Å².